The summed E-state index contributed by atoms with van der Waals surface area (Å²) in [4.78, 5) is 38.8. The Bertz CT molecular complexity index is 1150. The van der Waals surface area contributed by atoms with Gasteiger partial charge in [0, 0.05) is 23.6 Å². The molecule has 0 heterocycles. The van der Waals surface area contributed by atoms with Gasteiger partial charge in [-0.1, -0.05) is 71.7 Å². The van der Waals surface area contributed by atoms with E-state index < -0.39 is 17.9 Å². The van der Waals surface area contributed by atoms with E-state index in [-0.39, 0.29) is 29.3 Å². The Morgan fingerprint density at radius 2 is 1.59 bits per heavy atom. The summed E-state index contributed by atoms with van der Waals surface area (Å²) in [6, 6.07) is 19.2. The summed E-state index contributed by atoms with van der Waals surface area (Å²) in [6.07, 6.45) is 0.111. The third-order valence-corrected chi connectivity index (χ3v) is 5.59. The number of Topliss-reactive ketones (excluding diaryl/α,β-unsaturated/α-hetero) is 1. The lowest BCUT2D eigenvalue weighted by molar-refractivity contribution is -0.142. The first-order chi connectivity index (χ1) is 15.3. The summed E-state index contributed by atoms with van der Waals surface area (Å²) in [6.45, 7) is 1.44. The first kappa shape index (κ1) is 23.5. The molecule has 0 aliphatic rings. The lowest BCUT2D eigenvalue weighted by atomic mass is 10.0. The smallest absolute Gasteiger partial charge is 0.326 e. The highest BCUT2D eigenvalue weighted by Crippen LogP contribution is 2.25. The second-order valence-corrected chi connectivity index (χ2v) is 8.20. The van der Waals surface area contributed by atoms with E-state index in [1.807, 2.05) is 30.3 Å². The molecule has 1 amide bonds. The molecule has 0 spiro atoms. The maximum absolute atomic E-state index is 13.5. The van der Waals surface area contributed by atoms with Gasteiger partial charge in [0.15, 0.2) is 5.78 Å². The Kier molecular flexibility index (Phi) is 7.67. The van der Waals surface area contributed by atoms with Gasteiger partial charge in [-0.15, -0.1) is 0 Å². The number of halogens is 2. The van der Waals surface area contributed by atoms with Crippen LogP contribution in [0, 0.1) is 0 Å². The van der Waals surface area contributed by atoms with Gasteiger partial charge in [0.05, 0.1) is 10.6 Å². The van der Waals surface area contributed by atoms with Crippen molar-refractivity contribution in [1.82, 2.24) is 4.90 Å². The minimum atomic E-state index is -1.15. The molecule has 0 aliphatic carbocycles. The number of aliphatic carboxylic acids is 1. The molecule has 7 heteroatoms. The second kappa shape index (κ2) is 10.4. The molecule has 0 saturated heterocycles. The average molecular weight is 470 g/mol. The molecule has 0 aromatic heterocycles. The van der Waals surface area contributed by atoms with Crippen LogP contribution in [0.3, 0.4) is 0 Å². The lowest BCUT2D eigenvalue weighted by Crippen LogP contribution is -2.46. The van der Waals surface area contributed by atoms with Crippen molar-refractivity contribution in [2.45, 2.75) is 25.9 Å². The third kappa shape index (κ3) is 5.75. The number of benzene rings is 3. The fourth-order valence-corrected chi connectivity index (χ4v) is 3.88. The summed E-state index contributed by atoms with van der Waals surface area (Å²) in [5.41, 5.74) is 2.04. The highest BCUT2D eigenvalue weighted by Gasteiger charge is 2.32. The molecule has 3 aromatic rings. The van der Waals surface area contributed by atoms with E-state index in [2.05, 4.69) is 0 Å². The minimum absolute atomic E-state index is 0.0112. The SMILES string of the molecule is CC(=O)c1cccc(CN(C(=O)c2ccc(Cl)cc2Cl)[C@@H](Cc2ccccc2)C(=O)O)c1. The van der Waals surface area contributed by atoms with Crippen molar-refractivity contribution in [3.8, 4) is 0 Å². The van der Waals surface area contributed by atoms with Gasteiger partial charge in [-0.3, -0.25) is 9.59 Å². The van der Waals surface area contributed by atoms with Crippen LogP contribution in [0.25, 0.3) is 0 Å². The molecule has 0 radical (unpaired) electrons. The molecule has 3 rings (SSSR count). The molecule has 0 bridgehead atoms. The summed E-state index contributed by atoms with van der Waals surface area (Å²) in [5.74, 6) is -1.80. The van der Waals surface area contributed by atoms with Gasteiger partial charge < -0.3 is 10.0 Å². The molecule has 164 valence electrons. The number of hydrogen-bond acceptors (Lipinski definition) is 3. The van der Waals surface area contributed by atoms with Crippen molar-refractivity contribution >= 4 is 40.9 Å². The van der Waals surface area contributed by atoms with E-state index in [0.29, 0.717) is 16.1 Å². The molecule has 3 aromatic carbocycles. The van der Waals surface area contributed by atoms with Crippen LogP contribution in [0.15, 0.2) is 72.8 Å². The first-order valence-electron chi connectivity index (χ1n) is 9.89. The van der Waals surface area contributed by atoms with E-state index >= 15 is 0 Å². The average Bonchev–Trinajstić information content (AvgIpc) is 2.76. The first-order valence-corrected chi connectivity index (χ1v) is 10.6. The Labute approximate surface area is 196 Å². The van der Waals surface area contributed by atoms with Crippen molar-refractivity contribution in [3.63, 3.8) is 0 Å². The van der Waals surface area contributed by atoms with Crippen LogP contribution in [0.2, 0.25) is 10.0 Å². The van der Waals surface area contributed by atoms with Crippen LogP contribution in [-0.2, 0) is 17.8 Å². The Balaban J connectivity index is 2.04. The quantitative estimate of drug-likeness (QED) is 0.439. The van der Waals surface area contributed by atoms with Crippen LogP contribution < -0.4 is 0 Å². The topological polar surface area (TPSA) is 74.7 Å². The largest absolute Gasteiger partial charge is 0.480 e. The van der Waals surface area contributed by atoms with Crippen LogP contribution in [0.1, 0.15) is 38.8 Å². The van der Waals surface area contributed by atoms with Crippen molar-refractivity contribution in [2.24, 2.45) is 0 Å². The summed E-state index contributed by atoms with van der Waals surface area (Å²) in [7, 11) is 0. The van der Waals surface area contributed by atoms with Crippen molar-refractivity contribution in [1.29, 1.82) is 0 Å². The van der Waals surface area contributed by atoms with Crippen LogP contribution in [-0.4, -0.2) is 33.7 Å². The number of ketones is 1. The zero-order valence-corrected chi connectivity index (χ0v) is 18.8. The van der Waals surface area contributed by atoms with E-state index in [9.17, 15) is 19.5 Å². The third-order valence-electron chi connectivity index (χ3n) is 5.04. The van der Waals surface area contributed by atoms with Crippen LogP contribution >= 0.6 is 23.2 Å². The van der Waals surface area contributed by atoms with Gasteiger partial charge in [-0.25, -0.2) is 4.79 Å². The highest BCUT2D eigenvalue weighted by atomic mass is 35.5. The highest BCUT2D eigenvalue weighted by molar-refractivity contribution is 6.36. The molecular weight excluding hydrogens is 449 g/mol. The van der Waals surface area contributed by atoms with E-state index in [4.69, 9.17) is 23.2 Å². The molecule has 0 aliphatic heterocycles. The normalized spacial score (nSPS) is 11.6. The van der Waals surface area contributed by atoms with Crippen molar-refractivity contribution in [3.05, 3.63) is 105 Å². The molecule has 32 heavy (non-hydrogen) atoms. The number of rotatable bonds is 8. The number of carbonyl (C=O) groups excluding carboxylic acids is 2. The zero-order valence-electron chi connectivity index (χ0n) is 17.3. The summed E-state index contributed by atoms with van der Waals surface area (Å²) >= 11 is 12.2. The molecular formula is C25H21Cl2NO4. The van der Waals surface area contributed by atoms with E-state index in [0.717, 1.165) is 5.56 Å². The molecule has 0 fully saturated rings. The fourth-order valence-electron chi connectivity index (χ4n) is 3.39. The predicted molar refractivity (Wildman–Crippen MR) is 124 cm³/mol. The summed E-state index contributed by atoms with van der Waals surface area (Å²) in [5, 5.41) is 10.5. The fraction of sp³-hybridized carbons (Fsp3) is 0.160. The van der Waals surface area contributed by atoms with Crippen LogP contribution in [0.5, 0.6) is 0 Å². The van der Waals surface area contributed by atoms with E-state index in [1.165, 1.54) is 30.0 Å². The van der Waals surface area contributed by atoms with Gasteiger partial charge in [0.1, 0.15) is 6.04 Å². The zero-order chi connectivity index (χ0) is 23.3. The Hall–Kier alpha value is -3.15. The monoisotopic (exact) mass is 469 g/mol. The minimum Gasteiger partial charge on any atom is -0.480 e. The molecule has 0 saturated carbocycles. The predicted octanol–water partition coefficient (Wildman–Crippen LogP) is 5.53. The number of amides is 1. The van der Waals surface area contributed by atoms with E-state index in [1.54, 1.807) is 24.3 Å². The van der Waals surface area contributed by atoms with Gasteiger partial charge in [-0.05, 0) is 42.3 Å². The Morgan fingerprint density at radius 3 is 2.22 bits per heavy atom. The van der Waals surface area contributed by atoms with Gasteiger partial charge >= 0.3 is 5.97 Å². The molecule has 0 unspecified atom stereocenters. The number of hydrogen-bond donors (Lipinski definition) is 1. The van der Waals surface area contributed by atoms with Crippen molar-refractivity contribution < 1.29 is 19.5 Å². The standard InChI is InChI=1S/C25H21Cl2NO4/c1-16(29)19-9-5-8-18(12-19)15-28(24(30)21-11-10-20(26)14-22(21)27)23(25(31)32)13-17-6-3-2-4-7-17/h2-12,14,23H,13,15H2,1H3,(H,31,32)/t23-/m0/s1. The molecule has 1 atom stereocenters. The number of carboxylic acid groups (broad SMARTS) is 1. The Morgan fingerprint density at radius 1 is 0.906 bits per heavy atom. The second-order valence-electron chi connectivity index (χ2n) is 7.36. The van der Waals surface area contributed by atoms with Gasteiger partial charge in [0.25, 0.3) is 5.91 Å². The number of carbonyl (C=O) groups is 3. The number of nitrogens with zero attached hydrogens (tertiary/aromatic N) is 1. The van der Waals surface area contributed by atoms with Gasteiger partial charge in [-0.2, -0.15) is 0 Å². The van der Waals surface area contributed by atoms with Gasteiger partial charge in [0.2, 0.25) is 0 Å². The maximum atomic E-state index is 13.5. The lowest BCUT2D eigenvalue weighted by Gasteiger charge is -2.30. The van der Waals surface area contributed by atoms with Crippen LogP contribution in [0.4, 0.5) is 0 Å². The molecule has 5 nitrogen and oxygen atoms in total. The van der Waals surface area contributed by atoms with Crippen molar-refractivity contribution in [2.75, 3.05) is 0 Å². The molecule has 1 N–H and O–H groups in total. The number of carboxylic acids is 1. The maximum Gasteiger partial charge on any atom is 0.326 e. The summed E-state index contributed by atoms with van der Waals surface area (Å²) < 4.78 is 0.